The Labute approximate surface area is 317 Å². The molecule has 4 N–H and O–H groups in total. The highest BCUT2D eigenvalue weighted by Crippen LogP contribution is 2.37. The normalized spacial score (nSPS) is 16.6. The highest BCUT2D eigenvalue weighted by atomic mass is 19.3. The van der Waals surface area contributed by atoms with E-state index in [0.717, 1.165) is 45.3 Å². The second-order valence-corrected chi connectivity index (χ2v) is 15.4. The van der Waals surface area contributed by atoms with Gasteiger partial charge < -0.3 is 20.6 Å². The van der Waals surface area contributed by atoms with Crippen molar-refractivity contribution in [1.82, 2.24) is 30.6 Å². The van der Waals surface area contributed by atoms with Crippen LogP contribution in [0.1, 0.15) is 105 Å². The number of halogens is 4. The zero-order valence-corrected chi connectivity index (χ0v) is 32.4. The van der Waals surface area contributed by atoms with Gasteiger partial charge in [0.05, 0.1) is 36.0 Å². The number of hydrogen-bond acceptors (Lipinski definition) is 4. The van der Waals surface area contributed by atoms with Gasteiger partial charge >= 0.3 is 0 Å². The Morgan fingerprint density at radius 2 is 1.13 bits per heavy atom. The van der Waals surface area contributed by atoms with E-state index in [0.29, 0.717) is 11.6 Å². The van der Waals surface area contributed by atoms with Gasteiger partial charge in [0, 0.05) is 37.5 Å². The lowest BCUT2D eigenvalue weighted by Gasteiger charge is -2.27. The minimum atomic E-state index is -2.67. The van der Waals surface area contributed by atoms with E-state index in [1.807, 2.05) is 42.5 Å². The molecule has 12 heteroatoms. The average Bonchev–Trinajstić information content (AvgIpc) is 3.77. The topological polar surface area (TPSA) is 116 Å². The van der Waals surface area contributed by atoms with Crippen molar-refractivity contribution in [2.75, 3.05) is 0 Å². The van der Waals surface area contributed by atoms with Crippen LogP contribution < -0.4 is 10.6 Å². The lowest BCUT2D eigenvalue weighted by Crippen LogP contribution is -2.35. The van der Waals surface area contributed by atoms with E-state index in [2.05, 4.69) is 85.0 Å². The molecule has 0 saturated heterocycles. The number of benzene rings is 2. The van der Waals surface area contributed by atoms with Gasteiger partial charge in [0.25, 0.3) is 0 Å². The minimum absolute atomic E-state index is 0.189. The molecule has 2 fully saturated rings. The van der Waals surface area contributed by atoms with Crippen molar-refractivity contribution in [3.05, 3.63) is 60.3 Å². The van der Waals surface area contributed by atoms with Crippen LogP contribution in [0.4, 0.5) is 17.6 Å². The number of aromatic nitrogens is 4. The Hall–Kier alpha value is -4.66. The highest BCUT2D eigenvalue weighted by Gasteiger charge is 2.38. The van der Waals surface area contributed by atoms with Crippen LogP contribution in [0.5, 0.6) is 0 Å². The van der Waals surface area contributed by atoms with Gasteiger partial charge in [-0.1, -0.05) is 71.9 Å². The van der Waals surface area contributed by atoms with Gasteiger partial charge in [-0.3, -0.25) is 9.59 Å². The highest BCUT2D eigenvalue weighted by molar-refractivity contribution is 5.83. The number of aromatic amines is 2. The number of fused-ring (bicyclic) bond motifs is 1. The van der Waals surface area contributed by atoms with Gasteiger partial charge in [0.15, 0.2) is 0 Å². The molecule has 8 nitrogen and oxygen atoms in total. The molecule has 0 spiro atoms. The third-order valence-electron chi connectivity index (χ3n) is 8.72. The maximum absolute atomic E-state index is 13.4. The van der Waals surface area contributed by atoms with Crippen molar-refractivity contribution in [2.24, 2.45) is 23.7 Å². The zero-order chi connectivity index (χ0) is 40.1. The molecule has 6 rings (SSSR count). The summed E-state index contributed by atoms with van der Waals surface area (Å²) in [6, 6.07) is 13.8. The molecule has 0 atom stereocenters. The van der Waals surface area contributed by atoms with E-state index in [9.17, 15) is 27.2 Å². The first-order valence-corrected chi connectivity index (χ1v) is 18.8. The molecule has 2 heterocycles. The predicted molar refractivity (Wildman–Crippen MR) is 208 cm³/mol. The molecular formula is C42H56F4N6O2. The van der Waals surface area contributed by atoms with Gasteiger partial charge in [-0.05, 0) is 66.3 Å². The summed E-state index contributed by atoms with van der Waals surface area (Å²) in [5, 5.41) is 5.63. The number of carbonyl (C=O) groups excluding carboxylic acids is 2. The number of nitrogens with zero attached hydrogens (tertiary/aromatic N) is 2. The van der Waals surface area contributed by atoms with Gasteiger partial charge in [0.1, 0.15) is 11.6 Å². The number of amides is 2. The smallest absolute Gasteiger partial charge is 0.248 e. The Morgan fingerprint density at radius 1 is 0.704 bits per heavy atom. The number of imidazole rings is 2. The molecule has 4 aromatic rings. The SMILES string of the molecule is C#C.CC(C)C.CC(C)C.O=C(NCc1ncc(-c2ccc(-c3ccc4nc(CNC(=O)C5CCC(F)(F)CC5)[nH]c4c3)cc2)[nH]1)C1CCC(F)(F)CC1. The maximum Gasteiger partial charge on any atom is 0.248 e. The number of hydrogen-bond donors (Lipinski definition) is 4. The van der Waals surface area contributed by atoms with E-state index < -0.39 is 23.7 Å². The second kappa shape index (κ2) is 20.1. The van der Waals surface area contributed by atoms with Crippen molar-refractivity contribution >= 4 is 22.8 Å². The van der Waals surface area contributed by atoms with Gasteiger partial charge in [-0.15, -0.1) is 12.8 Å². The molecule has 2 aromatic carbocycles. The molecule has 2 aliphatic rings. The van der Waals surface area contributed by atoms with E-state index >= 15 is 0 Å². The molecule has 54 heavy (non-hydrogen) atoms. The molecular weight excluding hydrogens is 696 g/mol. The van der Waals surface area contributed by atoms with E-state index in [1.54, 1.807) is 6.20 Å². The first kappa shape index (κ1) is 43.7. The van der Waals surface area contributed by atoms with Crippen LogP contribution in [0.25, 0.3) is 33.4 Å². The average molecular weight is 753 g/mol. The summed E-state index contributed by atoms with van der Waals surface area (Å²) in [5.74, 6) is -3.72. The largest absolute Gasteiger partial charge is 0.349 e. The van der Waals surface area contributed by atoms with Crippen molar-refractivity contribution in [2.45, 2.75) is 118 Å². The third-order valence-corrected chi connectivity index (χ3v) is 8.72. The lowest BCUT2D eigenvalue weighted by atomic mass is 9.86. The summed E-state index contributed by atoms with van der Waals surface area (Å²) in [5.41, 5.74) is 5.23. The fourth-order valence-electron chi connectivity index (χ4n) is 6.00. The number of alkyl halides is 4. The summed E-state index contributed by atoms with van der Waals surface area (Å²) >= 11 is 0. The van der Waals surface area contributed by atoms with Crippen molar-refractivity contribution in [3.8, 4) is 35.2 Å². The molecule has 294 valence electrons. The van der Waals surface area contributed by atoms with Gasteiger partial charge in [-0.25, -0.2) is 27.5 Å². The number of H-pyrrole nitrogens is 2. The summed E-state index contributed by atoms with van der Waals surface area (Å²) < 4.78 is 53.6. The van der Waals surface area contributed by atoms with Crippen LogP contribution in [0.2, 0.25) is 0 Å². The molecule has 0 bridgehead atoms. The van der Waals surface area contributed by atoms with Crippen LogP contribution >= 0.6 is 0 Å². The maximum atomic E-state index is 13.4. The molecule has 2 amide bonds. The summed E-state index contributed by atoms with van der Waals surface area (Å²) in [7, 11) is 0. The quantitative estimate of drug-likeness (QED) is 0.106. The molecule has 0 aliphatic heterocycles. The lowest BCUT2D eigenvalue weighted by molar-refractivity contribution is -0.130. The molecule has 0 radical (unpaired) electrons. The Kier molecular flexibility index (Phi) is 16.3. The number of rotatable bonds is 8. The minimum Gasteiger partial charge on any atom is -0.349 e. The van der Waals surface area contributed by atoms with E-state index in [4.69, 9.17) is 0 Å². The Bertz CT molecular complexity index is 1760. The van der Waals surface area contributed by atoms with Crippen molar-refractivity contribution < 1.29 is 27.2 Å². The summed E-state index contributed by atoms with van der Waals surface area (Å²) in [6.07, 6.45) is 9.44. The first-order valence-electron chi connectivity index (χ1n) is 18.8. The number of carbonyl (C=O) groups is 2. The molecule has 2 aromatic heterocycles. The molecule has 2 aliphatic carbocycles. The second-order valence-electron chi connectivity index (χ2n) is 15.4. The fraction of sp³-hybridized carbons (Fsp3) is 0.524. The third kappa shape index (κ3) is 14.0. The van der Waals surface area contributed by atoms with Gasteiger partial charge in [0.2, 0.25) is 23.7 Å². The first-order chi connectivity index (χ1) is 25.5. The molecule has 2 saturated carbocycles. The monoisotopic (exact) mass is 752 g/mol. The van der Waals surface area contributed by atoms with E-state index in [-0.39, 0.29) is 76.3 Å². The van der Waals surface area contributed by atoms with Gasteiger partial charge in [-0.2, -0.15) is 0 Å². The zero-order valence-electron chi connectivity index (χ0n) is 32.4. The summed E-state index contributed by atoms with van der Waals surface area (Å²) in [4.78, 5) is 40.2. The van der Waals surface area contributed by atoms with Crippen LogP contribution in [-0.2, 0) is 22.7 Å². The van der Waals surface area contributed by atoms with Crippen LogP contribution in [0, 0.1) is 36.5 Å². The predicted octanol–water partition coefficient (Wildman–Crippen LogP) is 10.1. The Balaban J connectivity index is 0.000000705. The standard InChI is InChI=1S/C32H34F4N6O2.2C4H10.C2H2/c33-31(34)11-7-21(8-12-31)29(43)38-17-27-37-16-26(42-27)20-3-1-19(2-4-20)23-5-6-24-25(15-23)41-28(40-24)18-39-30(44)22-9-13-32(35,36)14-10-22;2*1-4(2)3;1-2/h1-6,15-16,21-22H,7-14,17-18H2,(H,37,42)(H,38,43)(H,39,44)(H,40,41);2*4H,1-3H3;1-2H. The van der Waals surface area contributed by atoms with Crippen LogP contribution in [0.15, 0.2) is 48.7 Å². The number of terminal acetylenes is 1. The number of nitrogens with one attached hydrogen (secondary N) is 4. The van der Waals surface area contributed by atoms with E-state index in [1.165, 1.54) is 0 Å². The van der Waals surface area contributed by atoms with Crippen LogP contribution in [-0.4, -0.2) is 43.6 Å². The summed E-state index contributed by atoms with van der Waals surface area (Å²) in [6.45, 7) is 13.4. The van der Waals surface area contributed by atoms with Crippen LogP contribution in [0.3, 0.4) is 0 Å². The Morgan fingerprint density at radius 3 is 1.61 bits per heavy atom. The van der Waals surface area contributed by atoms with Crippen molar-refractivity contribution in [1.29, 1.82) is 0 Å². The fourth-order valence-corrected chi connectivity index (χ4v) is 6.00. The van der Waals surface area contributed by atoms with Crippen molar-refractivity contribution in [3.63, 3.8) is 0 Å². The molecule has 0 unspecified atom stereocenters.